The second-order valence-electron chi connectivity index (χ2n) is 7.99. The Morgan fingerprint density at radius 1 is 1.03 bits per heavy atom. The van der Waals surface area contributed by atoms with Gasteiger partial charge in [0.25, 0.3) is 0 Å². The van der Waals surface area contributed by atoms with Crippen molar-refractivity contribution in [3.05, 3.63) is 54.2 Å². The monoisotopic (exact) mass is 430 g/mol. The zero-order valence-corrected chi connectivity index (χ0v) is 18.3. The van der Waals surface area contributed by atoms with Crippen molar-refractivity contribution in [3.8, 4) is 0 Å². The number of hydrogen-bond acceptors (Lipinski definition) is 6. The van der Waals surface area contributed by atoms with Gasteiger partial charge in [0.15, 0.2) is 0 Å². The van der Waals surface area contributed by atoms with E-state index >= 15 is 0 Å². The van der Waals surface area contributed by atoms with E-state index in [1.807, 2.05) is 6.07 Å². The van der Waals surface area contributed by atoms with Crippen LogP contribution in [0.2, 0.25) is 0 Å². The number of ether oxygens (including phenoxy) is 1. The van der Waals surface area contributed by atoms with E-state index in [0.717, 1.165) is 38.3 Å². The first-order valence-corrected chi connectivity index (χ1v) is 12.0. The molecule has 0 atom stereocenters. The van der Waals surface area contributed by atoms with E-state index in [0.29, 0.717) is 32.3 Å². The molecule has 2 fully saturated rings. The highest BCUT2D eigenvalue weighted by molar-refractivity contribution is 7.89. The molecule has 4 rings (SSSR count). The van der Waals surface area contributed by atoms with Gasteiger partial charge in [0.2, 0.25) is 10.0 Å². The summed E-state index contributed by atoms with van der Waals surface area (Å²) in [4.78, 5) is 9.13. The van der Waals surface area contributed by atoms with Crippen molar-refractivity contribution in [3.63, 3.8) is 0 Å². The van der Waals surface area contributed by atoms with Crippen molar-refractivity contribution in [2.45, 2.75) is 30.3 Å². The number of anilines is 1. The number of sulfonamides is 1. The van der Waals surface area contributed by atoms with Crippen LogP contribution >= 0.6 is 0 Å². The predicted molar refractivity (Wildman–Crippen MR) is 117 cm³/mol. The number of hydrogen-bond donors (Lipinski definition) is 0. The molecule has 7 nitrogen and oxygen atoms in total. The highest BCUT2D eigenvalue weighted by Gasteiger charge is 2.31. The van der Waals surface area contributed by atoms with Crippen LogP contribution in [0.4, 0.5) is 5.82 Å². The maximum Gasteiger partial charge on any atom is 0.244 e. The molecule has 2 aromatic rings. The van der Waals surface area contributed by atoms with E-state index in [9.17, 15) is 8.42 Å². The van der Waals surface area contributed by atoms with Gasteiger partial charge in [0.05, 0.1) is 13.2 Å². The van der Waals surface area contributed by atoms with Crippen LogP contribution in [0.25, 0.3) is 0 Å². The summed E-state index contributed by atoms with van der Waals surface area (Å²) in [6.45, 7) is 4.87. The molecule has 2 saturated heterocycles. The molecule has 1 aromatic heterocycles. The number of morpholine rings is 1. The van der Waals surface area contributed by atoms with Crippen molar-refractivity contribution >= 4 is 15.8 Å². The zero-order valence-electron chi connectivity index (χ0n) is 17.5. The third-order valence-electron chi connectivity index (χ3n) is 6.02. The average molecular weight is 431 g/mol. The minimum atomic E-state index is -3.51. The fourth-order valence-corrected chi connectivity index (χ4v) is 5.59. The van der Waals surface area contributed by atoms with Crippen molar-refractivity contribution in [2.24, 2.45) is 0 Å². The normalized spacial score (nSPS) is 19.3. The average Bonchev–Trinajstić information content (AvgIpc) is 2.80. The van der Waals surface area contributed by atoms with Crippen LogP contribution < -0.4 is 4.90 Å². The number of piperidine rings is 1. The number of rotatable bonds is 6. The summed E-state index contributed by atoms with van der Waals surface area (Å²) in [7, 11) is -1.39. The summed E-state index contributed by atoms with van der Waals surface area (Å²) in [6, 6.07) is 14.3. The summed E-state index contributed by atoms with van der Waals surface area (Å²) in [5.74, 6) is 0.804. The summed E-state index contributed by atoms with van der Waals surface area (Å²) in [6.07, 6.45) is 3.16. The standard InChI is InChI=1S/C22H30N4O3S/c1-24(18-19-5-3-2-4-6-19)20-9-11-26(12-10-20)30(27,28)21-7-8-22(23-17-21)25-13-15-29-16-14-25/h2-8,17,20H,9-16,18H2,1H3. The van der Waals surface area contributed by atoms with Crippen LogP contribution in [0.5, 0.6) is 0 Å². The van der Waals surface area contributed by atoms with E-state index in [1.54, 1.807) is 16.4 Å². The lowest BCUT2D eigenvalue weighted by atomic mass is 10.0. The van der Waals surface area contributed by atoms with Gasteiger partial charge >= 0.3 is 0 Å². The van der Waals surface area contributed by atoms with Crippen molar-refractivity contribution < 1.29 is 13.2 Å². The smallest absolute Gasteiger partial charge is 0.244 e. The molecular formula is C22H30N4O3S. The van der Waals surface area contributed by atoms with Gasteiger partial charge in [-0.3, -0.25) is 4.90 Å². The minimum absolute atomic E-state index is 0.274. The van der Waals surface area contributed by atoms with Crippen molar-refractivity contribution in [2.75, 3.05) is 51.3 Å². The molecule has 162 valence electrons. The Hall–Kier alpha value is -2.00. The van der Waals surface area contributed by atoms with Crippen molar-refractivity contribution in [1.82, 2.24) is 14.2 Å². The molecule has 0 spiro atoms. The lowest BCUT2D eigenvalue weighted by Crippen LogP contribution is -2.45. The Balaban J connectivity index is 1.35. The summed E-state index contributed by atoms with van der Waals surface area (Å²) < 4.78 is 33.1. The van der Waals surface area contributed by atoms with Crippen LogP contribution in [0.3, 0.4) is 0 Å². The van der Waals surface area contributed by atoms with Gasteiger partial charge in [-0.25, -0.2) is 13.4 Å². The number of benzene rings is 1. The first-order chi connectivity index (χ1) is 14.5. The van der Waals surface area contributed by atoms with E-state index in [-0.39, 0.29) is 4.90 Å². The minimum Gasteiger partial charge on any atom is -0.378 e. The van der Waals surface area contributed by atoms with Crippen LogP contribution in [0.1, 0.15) is 18.4 Å². The van der Waals surface area contributed by atoms with Gasteiger partial charge in [0, 0.05) is 45.0 Å². The fourth-order valence-electron chi connectivity index (χ4n) is 4.18. The molecule has 3 heterocycles. The second-order valence-corrected chi connectivity index (χ2v) is 9.93. The molecule has 0 bridgehead atoms. The lowest BCUT2D eigenvalue weighted by Gasteiger charge is -2.36. The van der Waals surface area contributed by atoms with E-state index in [2.05, 4.69) is 46.1 Å². The Morgan fingerprint density at radius 2 is 1.73 bits per heavy atom. The van der Waals surface area contributed by atoms with Gasteiger partial charge in [0.1, 0.15) is 10.7 Å². The summed E-state index contributed by atoms with van der Waals surface area (Å²) in [5, 5.41) is 0. The molecule has 1 aromatic carbocycles. The summed E-state index contributed by atoms with van der Waals surface area (Å²) in [5.41, 5.74) is 1.28. The highest BCUT2D eigenvalue weighted by Crippen LogP contribution is 2.24. The molecule has 0 saturated carbocycles. The van der Waals surface area contributed by atoms with Gasteiger partial charge in [-0.1, -0.05) is 30.3 Å². The Labute approximate surface area is 179 Å². The van der Waals surface area contributed by atoms with E-state index in [1.165, 1.54) is 11.8 Å². The molecule has 30 heavy (non-hydrogen) atoms. The zero-order chi connectivity index (χ0) is 21.0. The SMILES string of the molecule is CN(Cc1ccccc1)C1CCN(S(=O)(=O)c2ccc(N3CCOCC3)nc2)CC1. The quantitative estimate of drug-likeness (QED) is 0.700. The van der Waals surface area contributed by atoms with Gasteiger partial charge < -0.3 is 9.64 Å². The van der Waals surface area contributed by atoms with Gasteiger partial charge in [-0.2, -0.15) is 4.31 Å². The Morgan fingerprint density at radius 3 is 2.37 bits per heavy atom. The maximum atomic E-state index is 13.1. The van der Waals surface area contributed by atoms with Gasteiger partial charge in [-0.15, -0.1) is 0 Å². The molecule has 0 N–H and O–H groups in total. The lowest BCUT2D eigenvalue weighted by molar-refractivity contribution is 0.122. The Kier molecular flexibility index (Phi) is 6.67. The fraction of sp³-hybridized carbons (Fsp3) is 0.500. The van der Waals surface area contributed by atoms with E-state index < -0.39 is 10.0 Å². The molecule has 0 radical (unpaired) electrons. The first kappa shape index (κ1) is 21.2. The van der Waals surface area contributed by atoms with Crippen molar-refractivity contribution in [1.29, 1.82) is 0 Å². The third-order valence-corrected chi connectivity index (χ3v) is 7.90. The van der Waals surface area contributed by atoms with Crippen LogP contribution in [0.15, 0.2) is 53.6 Å². The predicted octanol–water partition coefficient (Wildman–Crippen LogP) is 2.20. The largest absolute Gasteiger partial charge is 0.378 e. The molecule has 2 aliphatic rings. The second kappa shape index (κ2) is 9.43. The number of nitrogens with zero attached hydrogens (tertiary/aromatic N) is 4. The number of pyridine rings is 1. The first-order valence-electron chi connectivity index (χ1n) is 10.6. The molecule has 0 unspecified atom stereocenters. The van der Waals surface area contributed by atoms with Crippen LogP contribution in [0, 0.1) is 0 Å². The van der Waals surface area contributed by atoms with E-state index in [4.69, 9.17) is 4.74 Å². The number of aromatic nitrogens is 1. The third kappa shape index (κ3) is 4.83. The van der Waals surface area contributed by atoms with Crippen LogP contribution in [-0.2, 0) is 21.3 Å². The Bertz CT molecular complexity index is 907. The molecular weight excluding hydrogens is 400 g/mol. The van der Waals surface area contributed by atoms with Gasteiger partial charge in [-0.05, 0) is 37.6 Å². The molecule has 8 heteroatoms. The molecule has 0 aliphatic carbocycles. The summed E-state index contributed by atoms with van der Waals surface area (Å²) >= 11 is 0. The topological polar surface area (TPSA) is 66.0 Å². The van der Waals surface area contributed by atoms with Crippen LogP contribution in [-0.4, -0.2) is 75.1 Å². The highest BCUT2D eigenvalue weighted by atomic mass is 32.2. The maximum absolute atomic E-state index is 13.1. The molecule has 2 aliphatic heterocycles. The molecule has 0 amide bonds.